The average molecular weight is 347 g/mol. The van der Waals surface area contributed by atoms with E-state index in [4.69, 9.17) is 4.43 Å². The molecule has 0 saturated carbocycles. The number of carbonyl (C=O) groups is 2. The largest absolute Gasteiger partial charge is 0.546 e. The average Bonchev–Trinajstić information content (AvgIpc) is 2.43. The molecule has 2 aliphatic carbocycles. The van der Waals surface area contributed by atoms with Crippen LogP contribution in [0.4, 0.5) is 0 Å². The zero-order valence-corrected chi connectivity index (χ0v) is 17.2. The van der Waals surface area contributed by atoms with Crippen LogP contribution in [0.1, 0.15) is 48.0 Å². The van der Waals surface area contributed by atoms with Crippen molar-refractivity contribution in [2.45, 2.75) is 66.1 Å². The molecule has 2 aliphatic rings. The van der Waals surface area contributed by atoms with E-state index in [2.05, 4.69) is 33.9 Å². The van der Waals surface area contributed by atoms with E-state index >= 15 is 0 Å². The number of hydrogen-bond acceptors (Lipinski definition) is 3. The summed E-state index contributed by atoms with van der Waals surface area (Å²) in [5.41, 5.74) is 1.94. The van der Waals surface area contributed by atoms with Gasteiger partial charge in [-0.2, -0.15) is 0 Å². The molecule has 0 aromatic carbocycles. The van der Waals surface area contributed by atoms with Gasteiger partial charge in [-0.3, -0.25) is 9.59 Å². The summed E-state index contributed by atoms with van der Waals surface area (Å²) in [6, 6.07) is 0. The zero-order chi connectivity index (χ0) is 18.4. The third-order valence-electron chi connectivity index (χ3n) is 5.58. The van der Waals surface area contributed by atoms with Gasteiger partial charge in [0.05, 0.1) is 5.76 Å². The van der Waals surface area contributed by atoms with Gasteiger partial charge in [0.1, 0.15) is 0 Å². The zero-order valence-electron chi connectivity index (χ0n) is 16.2. The van der Waals surface area contributed by atoms with Crippen LogP contribution >= 0.6 is 0 Å². The minimum atomic E-state index is -1.96. The first-order valence-corrected chi connectivity index (χ1v) is 11.7. The minimum Gasteiger partial charge on any atom is -0.546 e. The van der Waals surface area contributed by atoms with Crippen molar-refractivity contribution in [3.63, 3.8) is 0 Å². The first kappa shape index (κ1) is 18.9. The molecule has 0 amide bonds. The highest BCUT2D eigenvalue weighted by molar-refractivity contribution is 6.74. The van der Waals surface area contributed by atoms with Crippen LogP contribution in [0.5, 0.6) is 0 Å². The van der Waals surface area contributed by atoms with E-state index in [9.17, 15) is 9.59 Å². The summed E-state index contributed by atoms with van der Waals surface area (Å²) >= 11 is 0. The molecule has 2 rings (SSSR count). The monoisotopic (exact) mass is 346 g/mol. The second-order valence-corrected chi connectivity index (χ2v) is 13.5. The Morgan fingerprint density at radius 3 is 2.29 bits per heavy atom. The summed E-state index contributed by atoms with van der Waals surface area (Å²) < 4.78 is 6.44. The summed E-state index contributed by atoms with van der Waals surface area (Å²) in [5.74, 6) is 0.797. The first-order chi connectivity index (χ1) is 10.9. The van der Waals surface area contributed by atoms with Crippen LogP contribution in [0.25, 0.3) is 0 Å². The Kier molecular flexibility index (Phi) is 4.84. The number of allylic oxidation sites excluding steroid dienone is 5. The van der Waals surface area contributed by atoms with Gasteiger partial charge in [-0.05, 0) is 42.6 Å². The van der Waals surface area contributed by atoms with Crippen molar-refractivity contribution in [2.24, 2.45) is 11.8 Å². The lowest BCUT2D eigenvalue weighted by Gasteiger charge is -2.40. The summed E-state index contributed by atoms with van der Waals surface area (Å²) in [6.07, 6.45) is 4.05. The van der Waals surface area contributed by atoms with Gasteiger partial charge in [-0.1, -0.05) is 41.5 Å². The Labute approximate surface area is 147 Å². The number of hydrogen-bond donors (Lipinski definition) is 0. The lowest BCUT2D eigenvalue weighted by atomic mass is 9.76. The molecule has 0 radical (unpaired) electrons. The van der Waals surface area contributed by atoms with Crippen LogP contribution in [0.2, 0.25) is 18.1 Å². The minimum absolute atomic E-state index is 0.0229. The summed E-state index contributed by atoms with van der Waals surface area (Å²) in [4.78, 5) is 25.4. The molecule has 0 aliphatic heterocycles. The van der Waals surface area contributed by atoms with E-state index in [1.54, 1.807) is 0 Å². The summed E-state index contributed by atoms with van der Waals surface area (Å²) in [5, 5.41) is 0.0966. The molecule has 0 aromatic rings. The van der Waals surface area contributed by atoms with E-state index in [1.807, 2.05) is 26.8 Å². The van der Waals surface area contributed by atoms with Crippen molar-refractivity contribution in [3.8, 4) is 0 Å². The molecular weight excluding hydrogens is 316 g/mol. The summed E-state index contributed by atoms with van der Waals surface area (Å²) in [7, 11) is -1.96. The Hall–Kier alpha value is -1.42. The second kappa shape index (κ2) is 6.14. The first-order valence-electron chi connectivity index (χ1n) is 8.79. The van der Waals surface area contributed by atoms with Crippen LogP contribution in [0.3, 0.4) is 0 Å². The molecule has 132 valence electrons. The standard InChI is InChI=1S/C20H30O3Si/c1-12(2)15-11-16(21)18-13(3)17(10-9-14(18)19(15)22)23-24(7,8)20(4,5)6/h10-13H,9H2,1-8H3/t13-/m0/s1. The third-order valence-corrected chi connectivity index (χ3v) is 9.94. The van der Waals surface area contributed by atoms with Gasteiger partial charge < -0.3 is 4.43 Å². The highest BCUT2D eigenvalue weighted by atomic mass is 28.4. The number of rotatable bonds is 3. The predicted octanol–water partition coefficient (Wildman–Crippen LogP) is 4.96. The van der Waals surface area contributed by atoms with E-state index in [-0.39, 0.29) is 28.4 Å². The van der Waals surface area contributed by atoms with Crippen LogP contribution in [0.15, 0.2) is 34.6 Å². The highest BCUT2D eigenvalue weighted by Gasteiger charge is 2.42. The van der Waals surface area contributed by atoms with Crippen molar-refractivity contribution in [3.05, 3.63) is 34.6 Å². The Morgan fingerprint density at radius 2 is 1.79 bits per heavy atom. The van der Waals surface area contributed by atoms with Gasteiger partial charge in [0.25, 0.3) is 0 Å². The fourth-order valence-corrected chi connectivity index (χ4v) is 4.09. The van der Waals surface area contributed by atoms with Gasteiger partial charge >= 0.3 is 0 Å². The number of carbonyl (C=O) groups excluding carboxylic acids is 2. The third kappa shape index (κ3) is 3.21. The van der Waals surface area contributed by atoms with Crippen LogP contribution < -0.4 is 0 Å². The molecule has 0 saturated heterocycles. The van der Waals surface area contributed by atoms with Gasteiger partial charge in [0.2, 0.25) is 8.32 Å². The molecule has 0 unspecified atom stereocenters. The number of Topliss-reactive ketones (excluding diaryl/α,β-unsaturated/α-hetero) is 1. The fourth-order valence-electron chi connectivity index (χ4n) is 2.94. The molecule has 0 N–H and O–H groups in total. The van der Waals surface area contributed by atoms with Crippen molar-refractivity contribution < 1.29 is 14.0 Å². The van der Waals surface area contributed by atoms with E-state index < -0.39 is 8.32 Å². The maximum absolute atomic E-state index is 12.7. The predicted molar refractivity (Wildman–Crippen MR) is 100 cm³/mol. The number of ketones is 2. The molecule has 0 heterocycles. The molecule has 0 spiro atoms. The Bertz CT molecular complexity index is 669. The molecule has 0 aromatic heterocycles. The Morgan fingerprint density at radius 1 is 1.21 bits per heavy atom. The van der Waals surface area contributed by atoms with Crippen molar-refractivity contribution in [2.75, 3.05) is 0 Å². The molecule has 0 bridgehead atoms. The second-order valence-electron chi connectivity index (χ2n) is 8.73. The van der Waals surface area contributed by atoms with E-state index in [0.29, 0.717) is 23.1 Å². The quantitative estimate of drug-likeness (QED) is 0.536. The Balaban J connectivity index is 2.31. The topological polar surface area (TPSA) is 43.4 Å². The van der Waals surface area contributed by atoms with Gasteiger partial charge in [0.15, 0.2) is 11.6 Å². The smallest absolute Gasteiger partial charge is 0.250 e. The van der Waals surface area contributed by atoms with E-state index in [0.717, 1.165) is 5.76 Å². The van der Waals surface area contributed by atoms with Gasteiger partial charge in [-0.15, -0.1) is 0 Å². The molecular formula is C20H30O3Si. The van der Waals surface area contributed by atoms with E-state index in [1.165, 1.54) is 6.08 Å². The van der Waals surface area contributed by atoms with Crippen LogP contribution in [-0.4, -0.2) is 19.9 Å². The SMILES string of the molecule is CC(C)C1=CC(=O)C2=C(CC=C(O[Si](C)(C)C(C)(C)C)[C@@H]2C)C1=O. The van der Waals surface area contributed by atoms with Crippen molar-refractivity contribution in [1.82, 2.24) is 0 Å². The maximum Gasteiger partial charge on any atom is 0.250 e. The molecule has 0 fully saturated rings. The fraction of sp³-hybridized carbons (Fsp3) is 0.600. The molecule has 24 heavy (non-hydrogen) atoms. The highest BCUT2D eigenvalue weighted by Crippen LogP contribution is 2.43. The van der Waals surface area contributed by atoms with Crippen LogP contribution in [0, 0.1) is 11.8 Å². The maximum atomic E-state index is 12.7. The van der Waals surface area contributed by atoms with Crippen LogP contribution in [-0.2, 0) is 14.0 Å². The molecule has 4 heteroatoms. The van der Waals surface area contributed by atoms with Crippen molar-refractivity contribution in [1.29, 1.82) is 0 Å². The van der Waals surface area contributed by atoms with Gasteiger partial charge in [-0.25, -0.2) is 0 Å². The summed E-state index contributed by atoms with van der Waals surface area (Å²) in [6.45, 7) is 16.9. The molecule has 3 nitrogen and oxygen atoms in total. The van der Waals surface area contributed by atoms with Crippen molar-refractivity contribution >= 4 is 19.9 Å². The normalized spacial score (nSPS) is 22.5. The molecule has 1 atom stereocenters. The lowest BCUT2D eigenvalue weighted by Crippen LogP contribution is -2.42. The van der Waals surface area contributed by atoms with Gasteiger partial charge in [0, 0.05) is 22.6 Å². The lowest BCUT2D eigenvalue weighted by molar-refractivity contribution is -0.116.